The summed E-state index contributed by atoms with van der Waals surface area (Å²) in [6.45, 7) is 0.958. The second-order valence-electron chi connectivity index (χ2n) is 4.80. The molecule has 0 saturated carbocycles. The van der Waals surface area contributed by atoms with Crippen LogP contribution in [-0.2, 0) is 14.8 Å². The van der Waals surface area contributed by atoms with Crippen LogP contribution in [0.2, 0.25) is 0 Å². The van der Waals surface area contributed by atoms with Crippen molar-refractivity contribution in [3.63, 3.8) is 0 Å². The van der Waals surface area contributed by atoms with E-state index in [-0.39, 0.29) is 12.4 Å². The van der Waals surface area contributed by atoms with Crippen molar-refractivity contribution < 1.29 is 17.9 Å². The van der Waals surface area contributed by atoms with E-state index in [1.165, 1.54) is 0 Å². The van der Waals surface area contributed by atoms with Crippen molar-refractivity contribution in [1.82, 2.24) is 0 Å². The molecule has 1 aromatic carbocycles. The molecule has 8 heteroatoms. The Morgan fingerprint density at radius 1 is 1.33 bits per heavy atom. The largest absolute Gasteiger partial charge is 0.486 e. The number of nitrogens with two attached hydrogens (primary N) is 1. The van der Waals surface area contributed by atoms with Gasteiger partial charge in [-0.15, -0.1) is 0 Å². The first-order chi connectivity index (χ1) is 9.97. The lowest BCUT2D eigenvalue weighted by Gasteiger charge is -2.22. The van der Waals surface area contributed by atoms with Crippen LogP contribution in [0.25, 0.3) is 0 Å². The summed E-state index contributed by atoms with van der Waals surface area (Å²) in [4.78, 5) is 0. The van der Waals surface area contributed by atoms with E-state index in [0.717, 1.165) is 0 Å². The SMILES string of the molecule is N=C(N)COc1ccc(NS(=O)(=O)C2CCOCC2)cc1. The monoisotopic (exact) mass is 313 g/mol. The van der Waals surface area contributed by atoms with Gasteiger partial charge in [0.1, 0.15) is 18.2 Å². The Bertz CT molecular complexity index is 580. The molecule has 0 bridgehead atoms. The van der Waals surface area contributed by atoms with Crippen LogP contribution in [-0.4, -0.2) is 39.3 Å². The van der Waals surface area contributed by atoms with Gasteiger partial charge in [0.05, 0.1) is 5.25 Å². The Morgan fingerprint density at radius 2 is 1.95 bits per heavy atom. The van der Waals surface area contributed by atoms with E-state index in [9.17, 15) is 8.42 Å². The Balaban J connectivity index is 1.97. The molecule has 0 amide bonds. The summed E-state index contributed by atoms with van der Waals surface area (Å²) in [6.07, 6.45) is 1.02. The lowest BCUT2D eigenvalue weighted by Crippen LogP contribution is -2.33. The van der Waals surface area contributed by atoms with E-state index in [4.69, 9.17) is 20.6 Å². The van der Waals surface area contributed by atoms with Crippen molar-refractivity contribution in [2.75, 3.05) is 24.5 Å². The zero-order valence-corrected chi connectivity index (χ0v) is 12.4. The molecule has 1 aliphatic rings. The van der Waals surface area contributed by atoms with Gasteiger partial charge in [0, 0.05) is 18.9 Å². The maximum atomic E-state index is 12.2. The average Bonchev–Trinajstić information content (AvgIpc) is 2.47. The maximum Gasteiger partial charge on any atom is 0.235 e. The summed E-state index contributed by atoms with van der Waals surface area (Å²) < 4.78 is 37.4. The molecular weight excluding hydrogens is 294 g/mol. The van der Waals surface area contributed by atoms with Gasteiger partial charge < -0.3 is 15.2 Å². The number of benzene rings is 1. The van der Waals surface area contributed by atoms with Crippen molar-refractivity contribution >= 4 is 21.5 Å². The number of rotatable bonds is 6. The van der Waals surface area contributed by atoms with E-state index < -0.39 is 15.3 Å². The number of anilines is 1. The minimum atomic E-state index is -3.40. The zero-order chi connectivity index (χ0) is 15.3. The van der Waals surface area contributed by atoms with Gasteiger partial charge in [-0.1, -0.05) is 0 Å². The average molecular weight is 313 g/mol. The number of hydrogen-bond donors (Lipinski definition) is 3. The fraction of sp³-hybridized carbons (Fsp3) is 0.462. The lowest BCUT2D eigenvalue weighted by molar-refractivity contribution is 0.0984. The Kier molecular flexibility index (Phi) is 5.03. The standard InChI is InChI=1S/C13H19N3O4S/c14-13(15)9-20-11-3-1-10(2-4-11)16-21(17,18)12-5-7-19-8-6-12/h1-4,12,16H,5-9H2,(H3,14,15). The van der Waals surface area contributed by atoms with Crippen molar-refractivity contribution in [3.05, 3.63) is 24.3 Å². The highest BCUT2D eigenvalue weighted by molar-refractivity contribution is 7.93. The summed E-state index contributed by atoms with van der Waals surface area (Å²) in [5.74, 6) is 0.457. The summed E-state index contributed by atoms with van der Waals surface area (Å²) in [7, 11) is -3.40. The smallest absolute Gasteiger partial charge is 0.235 e. The first kappa shape index (κ1) is 15.6. The summed E-state index contributed by atoms with van der Waals surface area (Å²) in [5.41, 5.74) is 5.68. The van der Waals surface area contributed by atoms with Gasteiger partial charge in [0.15, 0.2) is 0 Å². The van der Waals surface area contributed by atoms with Gasteiger partial charge in [0.25, 0.3) is 0 Å². The third-order valence-electron chi connectivity index (χ3n) is 3.12. The molecule has 1 saturated heterocycles. The fourth-order valence-electron chi connectivity index (χ4n) is 2.01. The van der Waals surface area contributed by atoms with Crippen LogP contribution in [0.3, 0.4) is 0 Å². The maximum absolute atomic E-state index is 12.2. The van der Waals surface area contributed by atoms with Crippen LogP contribution in [0.1, 0.15) is 12.8 Å². The van der Waals surface area contributed by atoms with Crippen molar-refractivity contribution in [1.29, 1.82) is 5.41 Å². The molecule has 116 valence electrons. The van der Waals surface area contributed by atoms with E-state index in [0.29, 0.717) is 37.5 Å². The molecule has 0 aliphatic carbocycles. The molecule has 1 fully saturated rings. The van der Waals surface area contributed by atoms with Gasteiger partial charge in [-0.2, -0.15) is 0 Å². The molecule has 21 heavy (non-hydrogen) atoms. The first-order valence-corrected chi connectivity index (χ1v) is 8.17. The summed E-state index contributed by atoms with van der Waals surface area (Å²) in [6, 6.07) is 6.49. The van der Waals surface area contributed by atoms with E-state index >= 15 is 0 Å². The minimum absolute atomic E-state index is 0.00709. The van der Waals surface area contributed by atoms with Crippen molar-refractivity contribution in [2.45, 2.75) is 18.1 Å². The Labute approximate surface area is 124 Å². The predicted molar refractivity (Wildman–Crippen MR) is 80.2 cm³/mol. The second-order valence-corrected chi connectivity index (χ2v) is 6.76. The highest BCUT2D eigenvalue weighted by atomic mass is 32.2. The number of amidine groups is 1. The molecule has 1 heterocycles. The Morgan fingerprint density at radius 3 is 2.52 bits per heavy atom. The van der Waals surface area contributed by atoms with Crippen LogP contribution in [0.4, 0.5) is 5.69 Å². The highest BCUT2D eigenvalue weighted by Crippen LogP contribution is 2.21. The Hall–Kier alpha value is -1.80. The minimum Gasteiger partial charge on any atom is -0.486 e. The van der Waals surface area contributed by atoms with Crippen LogP contribution >= 0.6 is 0 Å². The highest BCUT2D eigenvalue weighted by Gasteiger charge is 2.27. The molecule has 7 nitrogen and oxygen atoms in total. The normalized spacial score (nSPS) is 16.4. The van der Waals surface area contributed by atoms with Gasteiger partial charge in [-0.3, -0.25) is 10.1 Å². The first-order valence-electron chi connectivity index (χ1n) is 6.62. The zero-order valence-electron chi connectivity index (χ0n) is 11.5. The number of hydrogen-bond acceptors (Lipinski definition) is 5. The van der Waals surface area contributed by atoms with E-state index in [1.807, 2.05) is 0 Å². The quantitative estimate of drug-likeness (QED) is 0.534. The third-order valence-corrected chi connectivity index (χ3v) is 4.99. The molecule has 4 N–H and O–H groups in total. The lowest BCUT2D eigenvalue weighted by atomic mass is 10.2. The van der Waals surface area contributed by atoms with Crippen molar-refractivity contribution in [3.8, 4) is 5.75 Å². The van der Waals surface area contributed by atoms with E-state index in [2.05, 4.69) is 4.72 Å². The van der Waals surface area contributed by atoms with E-state index in [1.54, 1.807) is 24.3 Å². The molecule has 1 aliphatic heterocycles. The summed E-state index contributed by atoms with van der Waals surface area (Å²) >= 11 is 0. The predicted octanol–water partition coefficient (Wildman–Crippen LogP) is 0.922. The molecule has 0 radical (unpaired) electrons. The number of ether oxygens (including phenoxy) is 2. The summed E-state index contributed by atoms with van der Waals surface area (Å²) in [5, 5.41) is 6.65. The number of sulfonamides is 1. The molecule has 1 aromatic rings. The van der Waals surface area contributed by atoms with Crippen LogP contribution < -0.4 is 15.2 Å². The van der Waals surface area contributed by atoms with Crippen LogP contribution in [0, 0.1) is 5.41 Å². The van der Waals surface area contributed by atoms with Gasteiger partial charge in [0.2, 0.25) is 10.0 Å². The van der Waals surface area contributed by atoms with Crippen LogP contribution in [0.15, 0.2) is 24.3 Å². The molecule has 0 aromatic heterocycles. The second kappa shape index (κ2) is 6.77. The van der Waals surface area contributed by atoms with Crippen LogP contribution in [0.5, 0.6) is 5.75 Å². The third kappa shape index (κ3) is 4.61. The molecule has 0 spiro atoms. The van der Waals surface area contributed by atoms with Gasteiger partial charge in [-0.05, 0) is 37.1 Å². The molecule has 2 rings (SSSR count). The number of nitrogens with one attached hydrogen (secondary N) is 2. The molecule has 0 unspecified atom stereocenters. The fourth-order valence-corrected chi connectivity index (χ4v) is 3.46. The van der Waals surface area contributed by atoms with Crippen molar-refractivity contribution in [2.24, 2.45) is 5.73 Å². The molecule has 0 atom stereocenters. The molecular formula is C13H19N3O4S. The van der Waals surface area contributed by atoms with Gasteiger partial charge in [-0.25, -0.2) is 8.42 Å². The topological polar surface area (TPSA) is 115 Å². The van der Waals surface area contributed by atoms with Gasteiger partial charge >= 0.3 is 0 Å².